The second kappa shape index (κ2) is 6.73. The minimum atomic E-state index is -1.37. The van der Waals surface area contributed by atoms with Gasteiger partial charge >= 0.3 is 0 Å². The van der Waals surface area contributed by atoms with Crippen molar-refractivity contribution in [3.63, 3.8) is 0 Å². The number of aromatic nitrogens is 2. The van der Waals surface area contributed by atoms with Crippen LogP contribution in [0.5, 0.6) is 0 Å². The average Bonchev–Trinajstić information content (AvgIpc) is 2.89. The normalized spacial score (nSPS) is 11.6. The van der Waals surface area contributed by atoms with E-state index < -0.39 is 10.8 Å². The molecule has 2 rings (SSSR count). The fourth-order valence-electron chi connectivity index (χ4n) is 1.69. The van der Waals surface area contributed by atoms with Crippen LogP contribution in [0.3, 0.4) is 0 Å². The van der Waals surface area contributed by atoms with Gasteiger partial charge in [-0.2, -0.15) is 10.5 Å². The van der Waals surface area contributed by atoms with E-state index in [1.54, 1.807) is 18.2 Å². The van der Waals surface area contributed by atoms with E-state index in [0.29, 0.717) is 14.9 Å². The molecule has 1 aromatic carbocycles. The van der Waals surface area contributed by atoms with E-state index in [1.807, 2.05) is 12.1 Å². The second-order valence-corrected chi connectivity index (χ2v) is 6.37. The Morgan fingerprint density at radius 2 is 2.05 bits per heavy atom. The largest absolute Gasteiger partial charge is 0.320 e. The highest BCUT2D eigenvalue weighted by atomic mass is 35.5. The number of hydrogen-bond acceptors (Lipinski definition) is 4. The number of halogens is 2. The molecule has 0 bridgehead atoms. The smallest absolute Gasteiger partial charge is 0.176 e. The van der Waals surface area contributed by atoms with Crippen LogP contribution in [0.1, 0.15) is 11.4 Å². The van der Waals surface area contributed by atoms with Gasteiger partial charge in [0, 0.05) is 17.3 Å². The maximum absolute atomic E-state index is 12.3. The maximum Gasteiger partial charge on any atom is 0.176 e. The summed E-state index contributed by atoms with van der Waals surface area (Å²) in [6, 6.07) is 8.50. The standard InChI is InChI=1S/C13H8Cl2N4OS/c14-9-1-2-10(15)13(5-9)21(20)4-3-19-8-18-11(6-16)12(19)7-17/h1-2,5,8H,3-4H2/t21-/m1/s1. The lowest BCUT2D eigenvalue weighted by molar-refractivity contribution is 0.672. The van der Waals surface area contributed by atoms with Crippen molar-refractivity contribution in [1.82, 2.24) is 9.55 Å². The van der Waals surface area contributed by atoms with Crippen LogP contribution >= 0.6 is 23.2 Å². The van der Waals surface area contributed by atoms with Crippen molar-refractivity contribution < 1.29 is 4.21 Å². The van der Waals surface area contributed by atoms with E-state index in [2.05, 4.69) is 4.98 Å². The van der Waals surface area contributed by atoms with Gasteiger partial charge in [-0.1, -0.05) is 23.2 Å². The second-order valence-electron chi connectivity index (χ2n) is 3.98. The van der Waals surface area contributed by atoms with Gasteiger partial charge < -0.3 is 4.57 Å². The Labute approximate surface area is 133 Å². The zero-order valence-electron chi connectivity index (χ0n) is 10.6. The molecule has 0 saturated carbocycles. The SMILES string of the molecule is N#Cc1ncn(CC[S@@](=O)c2cc(Cl)ccc2Cl)c1C#N. The van der Waals surface area contributed by atoms with Gasteiger partial charge in [0.2, 0.25) is 0 Å². The molecule has 2 aromatic rings. The third-order valence-corrected chi connectivity index (χ3v) is 4.76. The number of nitrogens with zero attached hydrogens (tertiary/aromatic N) is 4. The van der Waals surface area contributed by atoms with Crippen molar-refractivity contribution in [3.05, 3.63) is 46.0 Å². The van der Waals surface area contributed by atoms with Crippen LogP contribution in [0.25, 0.3) is 0 Å². The number of imidazole rings is 1. The summed E-state index contributed by atoms with van der Waals surface area (Å²) in [6.07, 6.45) is 1.38. The highest BCUT2D eigenvalue weighted by Crippen LogP contribution is 2.24. The summed E-state index contributed by atoms with van der Waals surface area (Å²) in [6.45, 7) is 0.285. The number of rotatable bonds is 4. The van der Waals surface area contributed by atoms with Crippen LogP contribution in [-0.2, 0) is 17.3 Å². The van der Waals surface area contributed by atoms with Crippen molar-refractivity contribution in [2.75, 3.05) is 5.75 Å². The van der Waals surface area contributed by atoms with Gasteiger partial charge in [0.25, 0.3) is 0 Å². The number of benzene rings is 1. The van der Waals surface area contributed by atoms with Crippen molar-refractivity contribution in [3.8, 4) is 12.1 Å². The minimum Gasteiger partial charge on any atom is -0.320 e. The molecule has 0 unspecified atom stereocenters. The van der Waals surface area contributed by atoms with E-state index in [0.717, 1.165) is 0 Å². The molecular weight excluding hydrogens is 331 g/mol. The quantitative estimate of drug-likeness (QED) is 0.857. The minimum absolute atomic E-state index is 0.0593. The number of aryl methyl sites for hydroxylation is 1. The summed E-state index contributed by atoms with van der Waals surface area (Å²) in [7, 11) is -1.37. The Bertz CT molecular complexity index is 788. The number of nitriles is 2. The van der Waals surface area contributed by atoms with Gasteiger partial charge in [-0.25, -0.2) is 4.98 Å². The summed E-state index contributed by atoms with van der Waals surface area (Å²) in [5.41, 5.74) is 0.218. The molecule has 0 fully saturated rings. The molecule has 0 N–H and O–H groups in total. The predicted octanol–water partition coefficient (Wildman–Crippen LogP) is 2.74. The molecule has 0 radical (unpaired) electrons. The van der Waals surface area contributed by atoms with Gasteiger partial charge in [0.15, 0.2) is 11.4 Å². The van der Waals surface area contributed by atoms with Crippen molar-refractivity contribution in [2.24, 2.45) is 0 Å². The molecule has 5 nitrogen and oxygen atoms in total. The van der Waals surface area contributed by atoms with Crippen LogP contribution in [-0.4, -0.2) is 19.5 Å². The summed E-state index contributed by atoms with van der Waals surface area (Å²) >= 11 is 11.9. The van der Waals surface area contributed by atoms with Gasteiger partial charge in [0.05, 0.1) is 27.0 Å². The molecular formula is C13H8Cl2N4OS. The van der Waals surface area contributed by atoms with Crippen LogP contribution in [0.15, 0.2) is 29.4 Å². The third-order valence-electron chi connectivity index (χ3n) is 2.71. The van der Waals surface area contributed by atoms with Crippen molar-refractivity contribution >= 4 is 34.0 Å². The van der Waals surface area contributed by atoms with Gasteiger partial charge in [-0.05, 0) is 18.2 Å². The summed E-state index contributed by atoms with van der Waals surface area (Å²) in [5, 5.41) is 18.7. The van der Waals surface area contributed by atoms with Gasteiger partial charge in [-0.3, -0.25) is 4.21 Å². The van der Waals surface area contributed by atoms with Crippen molar-refractivity contribution in [1.29, 1.82) is 10.5 Å². The molecule has 0 amide bonds. The Morgan fingerprint density at radius 1 is 1.29 bits per heavy atom. The first-order valence-corrected chi connectivity index (χ1v) is 7.83. The average molecular weight is 339 g/mol. The highest BCUT2D eigenvalue weighted by Gasteiger charge is 2.13. The predicted molar refractivity (Wildman–Crippen MR) is 79.4 cm³/mol. The van der Waals surface area contributed by atoms with Crippen LogP contribution < -0.4 is 0 Å². The Balaban J connectivity index is 2.16. The molecule has 0 aliphatic heterocycles. The molecule has 21 heavy (non-hydrogen) atoms. The van der Waals surface area contributed by atoms with Gasteiger partial charge in [0.1, 0.15) is 12.1 Å². The topological polar surface area (TPSA) is 82.5 Å². The third kappa shape index (κ3) is 3.43. The van der Waals surface area contributed by atoms with E-state index in [9.17, 15) is 4.21 Å². The Kier molecular flexibility index (Phi) is 4.98. The van der Waals surface area contributed by atoms with Crippen molar-refractivity contribution in [2.45, 2.75) is 11.4 Å². The maximum atomic E-state index is 12.3. The first kappa shape index (κ1) is 15.5. The number of hydrogen-bond donors (Lipinski definition) is 0. The first-order valence-electron chi connectivity index (χ1n) is 5.75. The molecule has 0 spiro atoms. The summed E-state index contributed by atoms with van der Waals surface area (Å²) in [4.78, 5) is 4.27. The van der Waals surface area contributed by atoms with E-state index in [1.165, 1.54) is 10.9 Å². The van der Waals surface area contributed by atoms with E-state index in [4.69, 9.17) is 33.7 Å². The highest BCUT2D eigenvalue weighted by molar-refractivity contribution is 7.85. The van der Waals surface area contributed by atoms with E-state index in [-0.39, 0.29) is 23.7 Å². The molecule has 0 aliphatic carbocycles. The lowest BCUT2D eigenvalue weighted by Gasteiger charge is -2.06. The molecule has 8 heteroatoms. The lowest BCUT2D eigenvalue weighted by atomic mass is 10.3. The van der Waals surface area contributed by atoms with Gasteiger partial charge in [-0.15, -0.1) is 0 Å². The molecule has 106 valence electrons. The Morgan fingerprint density at radius 3 is 2.71 bits per heavy atom. The molecule has 1 heterocycles. The molecule has 0 aliphatic rings. The lowest BCUT2D eigenvalue weighted by Crippen LogP contribution is -2.09. The molecule has 1 aromatic heterocycles. The van der Waals surface area contributed by atoms with E-state index >= 15 is 0 Å². The zero-order valence-corrected chi connectivity index (χ0v) is 12.9. The fraction of sp³-hybridized carbons (Fsp3) is 0.154. The Hall–Kier alpha value is -1.86. The van der Waals surface area contributed by atoms with Crippen LogP contribution in [0.4, 0.5) is 0 Å². The summed E-state index contributed by atoms with van der Waals surface area (Å²) in [5.74, 6) is 0.232. The fourth-order valence-corrected chi connectivity index (χ4v) is 3.43. The molecule has 1 atom stereocenters. The summed E-state index contributed by atoms with van der Waals surface area (Å²) < 4.78 is 13.7. The molecule has 0 saturated heterocycles. The first-order chi connectivity index (χ1) is 10.1. The van der Waals surface area contributed by atoms with Crippen LogP contribution in [0.2, 0.25) is 10.0 Å². The van der Waals surface area contributed by atoms with Crippen LogP contribution in [0, 0.1) is 22.7 Å². The monoisotopic (exact) mass is 338 g/mol. The zero-order chi connectivity index (χ0) is 15.4.